The van der Waals surface area contributed by atoms with Crippen LogP contribution in [0.4, 0.5) is 4.39 Å². The molecule has 0 fully saturated rings. The molecule has 2 aromatic rings. The fourth-order valence-electron chi connectivity index (χ4n) is 1.94. The molecule has 0 aromatic heterocycles. The summed E-state index contributed by atoms with van der Waals surface area (Å²) in [5.74, 6) is 1.53. The second-order valence-corrected chi connectivity index (χ2v) is 4.44. The van der Waals surface area contributed by atoms with Crippen LogP contribution in [0.3, 0.4) is 0 Å². The highest BCUT2D eigenvalue weighted by molar-refractivity contribution is 5.42. The minimum absolute atomic E-state index is 0.269. The normalized spacial score (nSPS) is 11.8. The predicted molar refractivity (Wildman–Crippen MR) is 78.4 cm³/mol. The zero-order chi connectivity index (χ0) is 15.2. The van der Waals surface area contributed by atoms with Gasteiger partial charge in [-0.05, 0) is 17.7 Å². The third kappa shape index (κ3) is 3.86. The van der Waals surface area contributed by atoms with E-state index in [-0.39, 0.29) is 18.5 Å². The largest absolute Gasteiger partial charge is 0.496 e. The Labute approximate surface area is 123 Å². The van der Waals surface area contributed by atoms with Crippen molar-refractivity contribution >= 4 is 0 Å². The standard InChI is InChI=1S/C16H18FNO3/c1-19-13-7-14(20-2)9-15(8-13)21-16(10-18)11-3-5-12(17)6-4-11/h3-9,16H,10,18H2,1-2H3. The van der Waals surface area contributed by atoms with Crippen LogP contribution in [0, 0.1) is 5.82 Å². The van der Waals surface area contributed by atoms with E-state index in [9.17, 15) is 4.39 Å². The molecule has 4 nitrogen and oxygen atoms in total. The number of methoxy groups -OCH3 is 2. The Morgan fingerprint density at radius 1 is 0.952 bits per heavy atom. The molecular weight excluding hydrogens is 273 g/mol. The van der Waals surface area contributed by atoms with Gasteiger partial charge in [0.1, 0.15) is 29.2 Å². The molecule has 2 rings (SSSR count). The molecule has 0 saturated heterocycles. The lowest BCUT2D eigenvalue weighted by Gasteiger charge is -2.19. The van der Waals surface area contributed by atoms with Crippen LogP contribution in [0.25, 0.3) is 0 Å². The van der Waals surface area contributed by atoms with E-state index < -0.39 is 0 Å². The lowest BCUT2D eigenvalue weighted by Crippen LogP contribution is -2.18. The van der Waals surface area contributed by atoms with Crippen LogP contribution in [0.15, 0.2) is 42.5 Å². The average Bonchev–Trinajstić information content (AvgIpc) is 2.53. The van der Waals surface area contributed by atoms with Gasteiger partial charge in [-0.25, -0.2) is 4.39 Å². The van der Waals surface area contributed by atoms with Gasteiger partial charge in [0.15, 0.2) is 0 Å². The number of hydrogen-bond donors (Lipinski definition) is 1. The Morgan fingerprint density at radius 2 is 1.48 bits per heavy atom. The van der Waals surface area contributed by atoms with Crippen molar-refractivity contribution in [2.24, 2.45) is 5.73 Å². The SMILES string of the molecule is COc1cc(OC)cc(OC(CN)c2ccc(F)cc2)c1. The van der Waals surface area contributed by atoms with E-state index in [0.717, 1.165) is 5.56 Å². The first-order valence-corrected chi connectivity index (χ1v) is 6.51. The summed E-state index contributed by atoms with van der Waals surface area (Å²) < 4.78 is 29.2. The third-order valence-corrected chi connectivity index (χ3v) is 3.06. The highest BCUT2D eigenvalue weighted by Crippen LogP contribution is 2.30. The van der Waals surface area contributed by atoms with Gasteiger partial charge in [0, 0.05) is 24.7 Å². The lowest BCUT2D eigenvalue weighted by atomic mass is 10.1. The van der Waals surface area contributed by atoms with Crippen LogP contribution in [0.1, 0.15) is 11.7 Å². The summed E-state index contributed by atoms with van der Waals surface area (Å²) in [6, 6.07) is 11.3. The summed E-state index contributed by atoms with van der Waals surface area (Å²) in [4.78, 5) is 0. The maximum absolute atomic E-state index is 13.0. The fourth-order valence-corrected chi connectivity index (χ4v) is 1.94. The van der Waals surface area contributed by atoms with Crippen LogP contribution >= 0.6 is 0 Å². The Hall–Kier alpha value is -2.27. The van der Waals surface area contributed by atoms with Crippen LogP contribution in [-0.4, -0.2) is 20.8 Å². The summed E-state index contributed by atoms with van der Waals surface area (Å²) in [6.07, 6.45) is -0.373. The number of rotatable bonds is 6. The Balaban J connectivity index is 2.23. The minimum atomic E-state index is -0.373. The lowest BCUT2D eigenvalue weighted by molar-refractivity contribution is 0.212. The molecule has 0 aliphatic heterocycles. The zero-order valence-electron chi connectivity index (χ0n) is 12.0. The topological polar surface area (TPSA) is 53.7 Å². The van der Waals surface area contributed by atoms with Gasteiger partial charge in [-0.15, -0.1) is 0 Å². The van der Waals surface area contributed by atoms with Crippen molar-refractivity contribution in [1.82, 2.24) is 0 Å². The maximum atomic E-state index is 13.0. The highest BCUT2D eigenvalue weighted by atomic mass is 19.1. The number of benzene rings is 2. The van der Waals surface area contributed by atoms with Crippen molar-refractivity contribution in [2.45, 2.75) is 6.10 Å². The summed E-state index contributed by atoms with van der Waals surface area (Å²) in [6.45, 7) is 0.269. The Morgan fingerprint density at radius 3 is 1.95 bits per heavy atom. The number of ether oxygens (including phenoxy) is 3. The van der Waals surface area contributed by atoms with Gasteiger partial charge < -0.3 is 19.9 Å². The van der Waals surface area contributed by atoms with Gasteiger partial charge in [0.25, 0.3) is 0 Å². The number of nitrogens with two attached hydrogens (primary N) is 1. The quantitative estimate of drug-likeness (QED) is 0.889. The minimum Gasteiger partial charge on any atom is -0.496 e. The zero-order valence-corrected chi connectivity index (χ0v) is 12.0. The number of halogens is 1. The van der Waals surface area contributed by atoms with Crippen molar-refractivity contribution in [3.05, 3.63) is 53.8 Å². The van der Waals surface area contributed by atoms with E-state index in [2.05, 4.69) is 0 Å². The predicted octanol–water partition coefficient (Wildman–Crippen LogP) is 2.92. The molecule has 0 saturated carbocycles. The van der Waals surface area contributed by atoms with Crippen LogP contribution in [0.5, 0.6) is 17.2 Å². The van der Waals surface area contributed by atoms with E-state index >= 15 is 0 Å². The Bertz CT molecular complexity index is 564. The molecule has 0 aliphatic carbocycles. The van der Waals surface area contributed by atoms with Crippen molar-refractivity contribution in [2.75, 3.05) is 20.8 Å². The maximum Gasteiger partial charge on any atom is 0.136 e. The molecule has 0 amide bonds. The second-order valence-electron chi connectivity index (χ2n) is 4.44. The smallest absolute Gasteiger partial charge is 0.136 e. The molecule has 21 heavy (non-hydrogen) atoms. The molecule has 0 bridgehead atoms. The molecule has 0 radical (unpaired) electrons. The highest BCUT2D eigenvalue weighted by Gasteiger charge is 2.13. The average molecular weight is 291 g/mol. The first kappa shape index (κ1) is 15.1. The van der Waals surface area contributed by atoms with Gasteiger partial charge in [-0.3, -0.25) is 0 Å². The molecule has 1 unspecified atom stereocenters. The molecular formula is C16H18FNO3. The van der Waals surface area contributed by atoms with Gasteiger partial charge in [-0.2, -0.15) is 0 Å². The third-order valence-electron chi connectivity index (χ3n) is 3.06. The van der Waals surface area contributed by atoms with Gasteiger partial charge in [0.2, 0.25) is 0 Å². The van der Waals surface area contributed by atoms with E-state index in [0.29, 0.717) is 17.2 Å². The molecule has 0 heterocycles. The summed E-state index contributed by atoms with van der Waals surface area (Å²) >= 11 is 0. The monoisotopic (exact) mass is 291 g/mol. The second kappa shape index (κ2) is 6.95. The van der Waals surface area contributed by atoms with E-state index in [1.807, 2.05) is 0 Å². The van der Waals surface area contributed by atoms with Gasteiger partial charge in [0.05, 0.1) is 14.2 Å². The van der Waals surface area contributed by atoms with Crippen LogP contribution < -0.4 is 19.9 Å². The van der Waals surface area contributed by atoms with Crippen LogP contribution in [0.2, 0.25) is 0 Å². The van der Waals surface area contributed by atoms with E-state index in [1.54, 1.807) is 44.6 Å². The van der Waals surface area contributed by atoms with Crippen molar-refractivity contribution in [3.8, 4) is 17.2 Å². The van der Waals surface area contributed by atoms with Crippen molar-refractivity contribution in [1.29, 1.82) is 0 Å². The van der Waals surface area contributed by atoms with Crippen molar-refractivity contribution < 1.29 is 18.6 Å². The molecule has 1 atom stereocenters. The summed E-state index contributed by atoms with van der Waals surface area (Å²) in [5.41, 5.74) is 6.56. The Kier molecular flexibility index (Phi) is 5.00. The van der Waals surface area contributed by atoms with E-state index in [1.165, 1.54) is 12.1 Å². The molecule has 0 spiro atoms. The van der Waals surface area contributed by atoms with Crippen molar-refractivity contribution in [3.63, 3.8) is 0 Å². The van der Waals surface area contributed by atoms with Gasteiger partial charge >= 0.3 is 0 Å². The first-order valence-electron chi connectivity index (χ1n) is 6.51. The fraction of sp³-hybridized carbons (Fsp3) is 0.250. The molecule has 2 N–H and O–H groups in total. The molecule has 112 valence electrons. The van der Waals surface area contributed by atoms with E-state index in [4.69, 9.17) is 19.9 Å². The summed E-state index contributed by atoms with van der Waals surface area (Å²) in [5, 5.41) is 0. The number of hydrogen-bond acceptors (Lipinski definition) is 4. The molecule has 5 heteroatoms. The van der Waals surface area contributed by atoms with Gasteiger partial charge in [-0.1, -0.05) is 12.1 Å². The molecule has 0 aliphatic rings. The summed E-state index contributed by atoms with van der Waals surface area (Å²) in [7, 11) is 3.14. The molecule has 2 aromatic carbocycles. The van der Waals surface area contributed by atoms with Crippen LogP contribution in [-0.2, 0) is 0 Å². The first-order chi connectivity index (χ1) is 10.2.